The normalized spacial score (nSPS) is 10.4. The molecule has 3 rings (SSSR count). The van der Waals surface area contributed by atoms with Crippen LogP contribution in [0, 0.1) is 0 Å². The molecule has 0 fully saturated rings. The maximum Gasteiger partial charge on any atom is 0.278 e. The molecule has 1 N–H and O–H groups in total. The quantitative estimate of drug-likeness (QED) is 0.714. The molecule has 1 amide bonds. The largest absolute Gasteiger partial charge is 0.337 e. The Morgan fingerprint density at radius 1 is 0.960 bits per heavy atom. The first-order valence-electron chi connectivity index (χ1n) is 7.42. The van der Waals surface area contributed by atoms with Gasteiger partial charge in [-0.1, -0.05) is 47.5 Å². The summed E-state index contributed by atoms with van der Waals surface area (Å²) in [5.74, 6) is 0.190. The van der Waals surface area contributed by atoms with Gasteiger partial charge < -0.3 is 10.2 Å². The molecule has 5 nitrogen and oxygen atoms in total. The predicted octanol–water partition coefficient (Wildman–Crippen LogP) is 4.80. The van der Waals surface area contributed by atoms with Gasteiger partial charge in [0.05, 0.1) is 28.1 Å². The number of nitrogens with one attached hydrogen (secondary N) is 1. The molecule has 126 valence electrons. The number of rotatable bonds is 4. The highest BCUT2D eigenvalue weighted by Gasteiger charge is 2.15. The van der Waals surface area contributed by atoms with Crippen molar-refractivity contribution in [3.8, 4) is 0 Å². The number of anilines is 3. The lowest BCUT2D eigenvalue weighted by Gasteiger charge is -2.16. The molecule has 1 aromatic heterocycles. The molecule has 0 aliphatic heterocycles. The van der Waals surface area contributed by atoms with Crippen LogP contribution in [0.4, 0.5) is 17.2 Å². The molecule has 0 atom stereocenters. The van der Waals surface area contributed by atoms with E-state index in [-0.39, 0.29) is 11.6 Å². The lowest BCUT2D eigenvalue weighted by molar-refractivity contribution is 0.0988. The van der Waals surface area contributed by atoms with Crippen LogP contribution in [0.25, 0.3) is 0 Å². The minimum Gasteiger partial charge on any atom is -0.337 e. The van der Waals surface area contributed by atoms with E-state index in [0.29, 0.717) is 21.6 Å². The Morgan fingerprint density at radius 3 is 2.24 bits per heavy atom. The number of nitrogens with zero attached hydrogens (tertiary/aromatic N) is 3. The summed E-state index contributed by atoms with van der Waals surface area (Å²) in [7, 11) is 1.69. The van der Waals surface area contributed by atoms with Gasteiger partial charge in [-0.15, -0.1) is 0 Å². The van der Waals surface area contributed by atoms with Crippen molar-refractivity contribution in [1.29, 1.82) is 0 Å². The van der Waals surface area contributed by atoms with Crippen molar-refractivity contribution in [2.24, 2.45) is 0 Å². The number of carbonyl (C=O) groups is 1. The molecule has 0 aliphatic rings. The fourth-order valence-corrected chi connectivity index (χ4v) is 2.68. The van der Waals surface area contributed by atoms with E-state index >= 15 is 0 Å². The Balaban J connectivity index is 1.77. The first-order chi connectivity index (χ1) is 12.1. The second kappa shape index (κ2) is 7.51. The molecule has 3 aromatic rings. The summed E-state index contributed by atoms with van der Waals surface area (Å²) >= 11 is 12.2. The Morgan fingerprint density at radius 2 is 1.64 bits per heavy atom. The average Bonchev–Trinajstić information content (AvgIpc) is 2.65. The lowest BCUT2D eigenvalue weighted by atomic mass is 10.3. The standard InChI is InChI=1S/C18H14Cl2N4O/c1-24(12-6-3-2-4-7-12)18(25)15-10-22-16(11-21-15)23-17-13(19)8-5-9-14(17)20/h2-11H,1H3,(H,22,23). The van der Waals surface area contributed by atoms with Crippen LogP contribution in [0.5, 0.6) is 0 Å². The number of hydrogen-bond acceptors (Lipinski definition) is 4. The SMILES string of the molecule is CN(C(=O)c1cnc(Nc2c(Cl)cccc2Cl)cn1)c1ccccc1. The highest BCUT2D eigenvalue weighted by atomic mass is 35.5. The number of benzene rings is 2. The van der Waals surface area contributed by atoms with Crippen LogP contribution in [0.3, 0.4) is 0 Å². The maximum absolute atomic E-state index is 12.5. The summed E-state index contributed by atoms with van der Waals surface area (Å²) in [6.07, 6.45) is 2.88. The van der Waals surface area contributed by atoms with Crippen LogP contribution >= 0.6 is 23.2 Å². The van der Waals surface area contributed by atoms with E-state index in [4.69, 9.17) is 23.2 Å². The van der Waals surface area contributed by atoms with Crippen molar-refractivity contribution in [2.45, 2.75) is 0 Å². The van der Waals surface area contributed by atoms with E-state index in [0.717, 1.165) is 5.69 Å². The Labute approximate surface area is 155 Å². The summed E-state index contributed by atoms with van der Waals surface area (Å²) in [5.41, 5.74) is 1.56. The predicted molar refractivity (Wildman–Crippen MR) is 101 cm³/mol. The van der Waals surface area contributed by atoms with Gasteiger partial charge in [-0.3, -0.25) is 4.79 Å². The molecule has 1 heterocycles. The topological polar surface area (TPSA) is 58.1 Å². The third kappa shape index (κ3) is 3.90. The number of amides is 1. The van der Waals surface area contributed by atoms with E-state index in [1.165, 1.54) is 17.3 Å². The van der Waals surface area contributed by atoms with E-state index in [1.807, 2.05) is 30.3 Å². The summed E-state index contributed by atoms with van der Waals surface area (Å²) < 4.78 is 0. The second-order valence-electron chi connectivity index (χ2n) is 5.21. The van der Waals surface area contributed by atoms with Crippen LogP contribution in [0.1, 0.15) is 10.5 Å². The number of halogens is 2. The minimum absolute atomic E-state index is 0.238. The van der Waals surface area contributed by atoms with E-state index in [2.05, 4.69) is 15.3 Å². The van der Waals surface area contributed by atoms with Crippen LogP contribution < -0.4 is 10.2 Å². The number of carbonyl (C=O) groups excluding carboxylic acids is 1. The van der Waals surface area contributed by atoms with Gasteiger partial charge >= 0.3 is 0 Å². The van der Waals surface area contributed by atoms with Gasteiger partial charge in [0.1, 0.15) is 11.5 Å². The molecule has 0 unspecified atom stereocenters. The number of aromatic nitrogens is 2. The molecule has 0 aliphatic carbocycles. The zero-order valence-electron chi connectivity index (χ0n) is 13.3. The molecule has 0 spiro atoms. The zero-order chi connectivity index (χ0) is 17.8. The van der Waals surface area contributed by atoms with E-state index < -0.39 is 0 Å². The van der Waals surface area contributed by atoms with E-state index in [1.54, 1.807) is 25.2 Å². The first-order valence-corrected chi connectivity index (χ1v) is 8.18. The third-order valence-corrected chi connectivity index (χ3v) is 4.16. The molecule has 0 saturated heterocycles. The Hall–Kier alpha value is -2.63. The van der Waals surface area contributed by atoms with Crippen LogP contribution in [0.15, 0.2) is 60.9 Å². The zero-order valence-corrected chi connectivity index (χ0v) is 14.8. The van der Waals surface area contributed by atoms with Crippen molar-refractivity contribution in [1.82, 2.24) is 9.97 Å². The smallest absolute Gasteiger partial charge is 0.278 e. The summed E-state index contributed by atoms with van der Waals surface area (Å²) in [5, 5.41) is 3.95. The van der Waals surface area contributed by atoms with Gasteiger partial charge in [-0.2, -0.15) is 0 Å². The van der Waals surface area contributed by atoms with Gasteiger partial charge in [0.2, 0.25) is 0 Å². The fraction of sp³-hybridized carbons (Fsp3) is 0.0556. The highest BCUT2D eigenvalue weighted by molar-refractivity contribution is 6.39. The van der Waals surface area contributed by atoms with Crippen molar-refractivity contribution < 1.29 is 4.79 Å². The second-order valence-corrected chi connectivity index (χ2v) is 6.02. The molecule has 2 aromatic carbocycles. The van der Waals surface area contributed by atoms with Gasteiger partial charge in [0.15, 0.2) is 0 Å². The minimum atomic E-state index is -0.249. The summed E-state index contributed by atoms with van der Waals surface area (Å²) in [6, 6.07) is 14.5. The Bertz CT molecular complexity index is 865. The van der Waals surface area contributed by atoms with Crippen molar-refractivity contribution in [3.63, 3.8) is 0 Å². The van der Waals surface area contributed by atoms with Gasteiger partial charge in [0.25, 0.3) is 5.91 Å². The third-order valence-electron chi connectivity index (χ3n) is 3.53. The molecular weight excluding hydrogens is 359 g/mol. The highest BCUT2D eigenvalue weighted by Crippen LogP contribution is 2.31. The lowest BCUT2D eigenvalue weighted by Crippen LogP contribution is -2.27. The monoisotopic (exact) mass is 372 g/mol. The van der Waals surface area contributed by atoms with Crippen LogP contribution in [0.2, 0.25) is 10.0 Å². The van der Waals surface area contributed by atoms with Gasteiger partial charge in [-0.05, 0) is 24.3 Å². The molecule has 0 radical (unpaired) electrons. The molecule has 7 heteroatoms. The van der Waals surface area contributed by atoms with Crippen molar-refractivity contribution in [2.75, 3.05) is 17.3 Å². The van der Waals surface area contributed by atoms with Crippen LogP contribution in [-0.2, 0) is 0 Å². The molecular formula is C18H14Cl2N4O. The summed E-state index contributed by atoms with van der Waals surface area (Å²) in [6.45, 7) is 0. The molecule has 0 saturated carbocycles. The number of hydrogen-bond donors (Lipinski definition) is 1. The van der Waals surface area contributed by atoms with Gasteiger partial charge in [-0.25, -0.2) is 9.97 Å². The average molecular weight is 373 g/mol. The first kappa shape index (κ1) is 17.2. The van der Waals surface area contributed by atoms with Crippen LogP contribution in [-0.4, -0.2) is 22.9 Å². The van der Waals surface area contributed by atoms with Crippen molar-refractivity contribution >= 4 is 46.3 Å². The van der Waals surface area contributed by atoms with E-state index in [9.17, 15) is 4.79 Å². The summed E-state index contributed by atoms with van der Waals surface area (Å²) in [4.78, 5) is 22.4. The number of para-hydroxylation sites is 2. The molecule has 25 heavy (non-hydrogen) atoms. The van der Waals surface area contributed by atoms with Gasteiger partial charge in [0, 0.05) is 12.7 Å². The Kier molecular flexibility index (Phi) is 5.16. The molecule has 0 bridgehead atoms. The fourth-order valence-electron chi connectivity index (χ4n) is 2.19. The van der Waals surface area contributed by atoms with Crippen molar-refractivity contribution in [3.05, 3.63) is 76.7 Å². The maximum atomic E-state index is 12.5.